The van der Waals surface area contributed by atoms with Crippen molar-refractivity contribution in [3.63, 3.8) is 0 Å². The van der Waals surface area contributed by atoms with Gasteiger partial charge in [-0.3, -0.25) is 4.79 Å². The average molecular weight is 320 g/mol. The summed E-state index contributed by atoms with van der Waals surface area (Å²) < 4.78 is 0. The molecule has 0 aromatic heterocycles. The van der Waals surface area contributed by atoms with E-state index in [0.29, 0.717) is 5.56 Å². The number of carbonyl (C=O) groups is 1. The first-order valence-electron chi connectivity index (χ1n) is 7.40. The molecule has 0 atom stereocenters. The Morgan fingerprint density at radius 1 is 1.04 bits per heavy atom. The lowest BCUT2D eigenvalue weighted by atomic mass is 10.1. The van der Waals surface area contributed by atoms with Crippen molar-refractivity contribution in [1.82, 2.24) is 5.43 Å². The van der Waals surface area contributed by atoms with Crippen molar-refractivity contribution in [1.29, 1.82) is 0 Å². The van der Waals surface area contributed by atoms with Crippen LogP contribution in [0.4, 0.5) is 0 Å². The van der Waals surface area contributed by atoms with E-state index in [-0.39, 0.29) is 17.1 Å². The minimum Gasteiger partial charge on any atom is -0.507 e. The van der Waals surface area contributed by atoms with Crippen LogP contribution in [-0.2, 0) is 0 Å². The van der Waals surface area contributed by atoms with E-state index in [2.05, 4.69) is 10.5 Å². The van der Waals surface area contributed by atoms with Gasteiger partial charge in [-0.25, -0.2) is 5.43 Å². The third-order valence-corrected chi connectivity index (χ3v) is 3.75. The minimum atomic E-state index is -0.526. The molecule has 0 heterocycles. The molecule has 0 aliphatic heterocycles. The average Bonchev–Trinajstić information content (AvgIpc) is 2.58. The Kier molecular flexibility index (Phi) is 4.16. The topological polar surface area (TPSA) is 81.9 Å². The number of phenolic OH excluding ortho intramolecular Hbond substituents is 2. The van der Waals surface area contributed by atoms with Gasteiger partial charge in [0.2, 0.25) is 0 Å². The third kappa shape index (κ3) is 3.05. The van der Waals surface area contributed by atoms with Crippen LogP contribution in [0.1, 0.15) is 21.5 Å². The Morgan fingerprint density at radius 3 is 2.50 bits per heavy atom. The maximum atomic E-state index is 12.2. The summed E-state index contributed by atoms with van der Waals surface area (Å²) in [6, 6.07) is 15.8. The molecular weight excluding hydrogens is 304 g/mol. The van der Waals surface area contributed by atoms with Crippen molar-refractivity contribution in [3.05, 3.63) is 71.3 Å². The Bertz CT molecular complexity index is 948. The first-order valence-corrected chi connectivity index (χ1v) is 7.40. The maximum absolute atomic E-state index is 12.2. The van der Waals surface area contributed by atoms with Crippen molar-refractivity contribution in [2.75, 3.05) is 0 Å². The van der Waals surface area contributed by atoms with Gasteiger partial charge in [-0.2, -0.15) is 5.10 Å². The predicted octanol–water partition coefficient (Wildman–Crippen LogP) is 3.32. The van der Waals surface area contributed by atoms with Gasteiger partial charge in [0.05, 0.1) is 11.8 Å². The van der Waals surface area contributed by atoms with Gasteiger partial charge in [0.15, 0.2) is 0 Å². The minimum absolute atomic E-state index is 0.111. The van der Waals surface area contributed by atoms with Crippen LogP contribution in [0, 0.1) is 6.92 Å². The molecule has 24 heavy (non-hydrogen) atoms. The van der Waals surface area contributed by atoms with E-state index in [1.807, 2.05) is 24.3 Å². The summed E-state index contributed by atoms with van der Waals surface area (Å²) in [5.41, 5.74) is 3.72. The summed E-state index contributed by atoms with van der Waals surface area (Å²) in [5, 5.41) is 25.5. The lowest BCUT2D eigenvalue weighted by Crippen LogP contribution is -2.17. The van der Waals surface area contributed by atoms with Crippen LogP contribution in [0.5, 0.6) is 11.5 Å². The lowest BCUT2D eigenvalue weighted by Gasteiger charge is -2.06. The molecule has 0 radical (unpaired) electrons. The van der Waals surface area contributed by atoms with E-state index in [1.54, 1.807) is 37.3 Å². The normalized spacial score (nSPS) is 11.0. The monoisotopic (exact) mass is 320 g/mol. The van der Waals surface area contributed by atoms with Crippen molar-refractivity contribution in [3.8, 4) is 11.5 Å². The number of hydrazone groups is 1. The standard InChI is InChI=1S/C19H16N2O3/c1-12-5-4-8-15(18(12)23)11-20-21-19(24)16-9-13-6-2-3-7-14(13)10-17(16)22/h2-11,22-23H,1H3,(H,21,24). The van der Waals surface area contributed by atoms with Crippen molar-refractivity contribution in [2.45, 2.75) is 6.92 Å². The molecule has 5 heteroatoms. The number of fused-ring (bicyclic) bond motifs is 1. The first kappa shape index (κ1) is 15.6. The van der Waals surface area contributed by atoms with Gasteiger partial charge < -0.3 is 10.2 Å². The fourth-order valence-corrected chi connectivity index (χ4v) is 2.42. The molecule has 5 nitrogen and oxygen atoms in total. The summed E-state index contributed by atoms with van der Waals surface area (Å²) in [6.07, 6.45) is 1.36. The molecule has 0 bridgehead atoms. The van der Waals surface area contributed by atoms with Crippen LogP contribution in [0.15, 0.2) is 59.7 Å². The van der Waals surface area contributed by atoms with Gasteiger partial charge in [-0.05, 0) is 41.5 Å². The second-order valence-electron chi connectivity index (χ2n) is 5.43. The van der Waals surface area contributed by atoms with Crippen molar-refractivity contribution < 1.29 is 15.0 Å². The molecule has 3 aromatic rings. The smallest absolute Gasteiger partial charge is 0.275 e. The van der Waals surface area contributed by atoms with E-state index >= 15 is 0 Å². The molecule has 0 saturated heterocycles. The lowest BCUT2D eigenvalue weighted by molar-refractivity contribution is 0.0952. The quantitative estimate of drug-likeness (QED) is 0.511. The van der Waals surface area contributed by atoms with Crippen LogP contribution >= 0.6 is 0 Å². The van der Waals surface area contributed by atoms with Gasteiger partial charge >= 0.3 is 0 Å². The van der Waals surface area contributed by atoms with E-state index in [4.69, 9.17) is 0 Å². The number of phenols is 2. The summed E-state index contributed by atoms with van der Waals surface area (Å²) in [6.45, 7) is 1.78. The number of benzene rings is 3. The second-order valence-corrected chi connectivity index (χ2v) is 5.43. The Hall–Kier alpha value is -3.34. The first-order chi connectivity index (χ1) is 11.6. The number of nitrogens with one attached hydrogen (secondary N) is 1. The number of nitrogens with zero attached hydrogens (tertiary/aromatic N) is 1. The second kappa shape index (κ2) is 6.42. The fourth-order valence-electron chi connectivity index (χ4n) is 2.42. The molecule has 3 rings (SSSR count). The van der Waals surface area contributed by atoms with Crippen molar-refractivity contribution >= 4 is 22.9 Å². The molecule has 3 aromatic carbocycles. The molecule has 0 aliphatic rings. The molecular formula is C19H16N2O3. The van der Waals surface area contributed by atoms with Crippen molar-refractivity contribution in [2.24, 2.45) is 5.10 Å². The number of hydrogen-bond acceptors (Lipinski definition) is 4. The molecule has 1 amide bonds. The zero-order valence-electron chi connectivity index (χ0n) is 13.0. The van der Waals surface area contributed by atoms with Crippen LogP contribution in [0.2, 0.25) is 0 Å². The Balaban J connectivity index is 1.81. The number of hydrogen-bond donors (Lipinski definition) is 3. The van der Waals surface area contributed by atoms with Gasteiger partial charge in [-0.1, -0.05) is 36.4 Å². The Labute approximate surface area is 138 Å². The molecule has 0 spiro atoms. The number of para-hydroxylation sites is 1. The van der Waals surface area contributed by atoms with Gasteiger partial charge in [0.1, 0.15) is 11.5 Å². The maximum Gasteiger partial charge on any atom is 0.275 e. The zero-order valence-corrected chi connectivity index (χ0v) is 13.0. The summed E-state index contributed by atoms with van der Waals surface area (Å²) in [5.74, 6) is -0.523. The fraction of sp³-hybridized carbons (Fsp3) is 0.0526. The summed E-state index contributed by atoms with van der Waals surface area (Å²) >= 11 is 0. The SMILES string of the molecule is Cc1cccc(C=NNC(=O)c2cc3ccccc3cc2O)c1O. The van der Waals surface area contributed by atoms with E-state index < -0.39 is 5.91 Å². The van der Waals surface area contributed by atoms with Gasteiger partial charge in [0.25, 0.3) is 5.91 Å². The number of amides is 1. The van der Waals surface area contributed by atoms with E-state index in [1.165, 1.54) is 6.21 Å². The molecule has 0 unspecified atom stereocenters. The molecule has 120 valence electrons. The van der Waals surface area contributed by atoms with Crippen LogP contribution in [0.25, 0.3) is 10.8 Å². The summed E-state index contributed by atoms with van der Waals surface area (Å²) in [7, 11) is 0. The highest BCUT2D eigenvalue weighted by Gasteiger charge is 2.11. The molecule has 3 N–H and O–H groups in total. The Morgan fingerprint density at radius 2 is 1.75 bits per heavy atom. The number of rotatable bonds is 3. The highest BCUT2D eigenvalue weighted by Crippen LogP contribution is 2.25. The van der Waals surface area contributed by atoms with E-state index in [0.717, 1.165) is 16.3 Å². The number of aromatic hydroxyl groups is 2. The van der Waals surface area contributed by atoms with Crippen LogP contribution in [-0.4, -0.2) is 22.3 Å². The third-order valence-electron chi connectivity index (χ3n) is 3.75. The number of aryl methyl sites for hydroxylation is 1. The largest absolute Gasteiger partial charge is 0.507 e. The van der Waals surface area contributed by atoms with E-state index in [9.17, 15) is 15.0 Å². The van der Waals surface area contributed by atoms with Gasteiger partial charge in [0, 0.05) is 5.56 Å². The molecule has 0 saturated carbocycles. The van der Waals surface area contributed by atoms with Crippen LogP contribution < -0.4 is 5.43 Å². The summed E-state index contributed by atoms with van der Waals surface area (Å²) in [4.78, 5) is 12.2. The highest BCUT2D eigenvalue weighted by atomic mass is 16.3. The molecule has 0 fully saturated rings. The van der Waals surface area contributed by atoms with Gasteiger partial charge in [-0.15, -0.1) is 0 Å². The number of carbonyl (C=O) groups excluding carboxylic acids is 1. The predicted molar refractivity (Wildman–Crippen MR) is 93.5 cm³/mol. The molecule has 0 aliphatic carbocycles. The van der Waals surface area contributed by atoms with Crippen LogP contribution in [0.3, 0.4) is 0 Å². The highest BCUT2D eigenvalue weighted by molar-refractivity contribution is 6.01. The zero-order chi connectivity index (χ0) is 17.1.